The van der Waals surface area contributed by atoms with Crippen molar-refractivity contribution >= 4 is 112 Å². The number of nitrogens with zero attached hydrogens (tertiary/aromatic N) is 5. The van der Waals surface area contributed by atoms with Gasteiger partial charge in [-0.1, -0.05) is 32.6 Å². The fourth-order valence-corrected chi connectivity index (χ4v) is 19.2. The van der Waals surface area contributed by atoms with Gasteiger partial charge in [0.2, 0.25) is 65.0 Å². The van der Waals surface area contributed by atoms with Crippen LogP contribution in [0.1, 0.15) is 174 Å². The van der Waals surface area contributed by atoms with Gasteiger partial charge in [0.1, 0.15) is 13.2 Å². The van der Waals surface area contributed by atoms with E-state index < -0.39 is 0 Å². The van der Waals surface area contributed by atoms with Crippen LogP contribution in [0.2, 0.25) is 0 Å². The summed E-state index contributed by atoms with van der Waals surface area (Å²) in [7, 11) is 0. The minimum absolute atomic E-state index is 0.00417. The van der Waals surface area contributed by atoms with E-state index in [1.165, 1.54) is 0 Å². The van der Waals surface area contributed by atoms with Gasteiger partial charge in [0, 0.05) is 211 Å². The Morgan fingerprint density at radius 1 is 0.388 bits per heavy atom. The zero-order valence-corrected chi connectivity index (χ0v) is 72.7. The molecule has 5 aliphatic heterocycles. The number of rotatable bonds is 65. The van der Waals surface area contributed by atoms with Crippen molar-refractivity contribution in [2.75, 3.05) is 175 Å². The van der Waals surface area contributed by atoms with E-state index in [1.807, 2.05) is 45.1 Å². The van der Waals surface area contributed by atoms with Crippen LogP contribution in [0.15, 0.2) is 0 Å². The third-order valence-corrected chi connectivity index (χ3v) is 25.9. The largest absolute Gasteiger partial charge is 0.377 e. The lowest BCUT2D eigenvalue weighted by atomic mass is 9.83. The van der Waals surface area contributed by atoms with Crippen LogP contribution >= 0.6 is 23.5 Å². The molecule has 17 N–H and O–H groups in total. The van der Waals surface area contributed by atoms with Crippen LogP contribution in [0.5, 0.6) is 0 Å². The topological polar surface area (TPSA) is 517 Å². The molecule has 0 bridgehead atoms. The second kappa shape index (κ2) is 58.0. The van der Waals surface area contributed by atoms with Crippen LogP contribution in [0.3, 0.4) is 0 Å². The summed E-state index contributed by atoms with van der Waals surface area (Å²) in [6, 6.07) is 0.500. The molecule has 0 aromatic carbocycles. The first kappa shape index (κ1) is 99.9. The lowest BCUT2D eigenvalue weighted by molar-refractivity contribution is -0.128. The Bertz CT molecular complexity index is 3270. The molecule has 0 spiro atoms. The van der Waals surface area contributed by atoms with Crippen molar-refractivity contribution in [2.24, 2.45) is 11.8 Å². The number of unbranched alkanes of at least 4 members (excludes halogenated alkanes) is 3. The molecule has 121 heavy (non-hydrogen) atoms. The van der Waals surface area contributed by atoms with Gasteiger partial charge >= 0.3 is 18.1 Å². The van der Waals surface area contributed by atoms with E-state index >= 15 is 0 Å². The summed E-state index contributed by atoms with van der Waals surface area (Å²) in [5.74, 6) is -0.137. The molecule has 5 saturated heterocycles. The number of urea groups is 3. The molecule has 0 aromatic heterocycles. The van der Waals surface area contributed by atoms with E-state index in [9.17, 15) is 67.1 Å². The van der Waals surface area contributed by atoms with E-state index in [0.717, 1.165) is 95.0 Å². The molecule has 2 aliphatic carbocycles. The number of hydrogen-bond donors (Lipinski definition) is 17. The summed E-state index contributed by atoms with van der Waals surface area (Å²) in [4.78, 5) is 186. The summed E-state index contributed by atoms with van der Waals surface area (Å²) in [5, 5.41) is 50.1. The molecule has 0 aromatic rings. The van der Waals surface area contributed by atoms with E-state index in [4.69, 9.17) is 19.7 Å². The standard InChI is InChI=1S/C80H138N22O17S2/c1-3-37-100(38-21-71(110)90-35-44-101(40-23-67(106)85-30-27-82-64(103)16-7-4-11-56-19-20-59-75(56)96-78(114)93-59)41-24-68(107)86-31-28-83-65(104)17-8-5-14-62-76-60(53-120-62)94-79(115)97-76)39-22-72(111)91-36-45-102(42-25-69(108)87-32-29-84-66(105)18-9-6-15-63-77-61(54-121-63)95-80(116)98-77)43-26-70(109)88-33-34-89-73(112)51-118-48-46-117-47-49-119-52-74(113)92-58-13-10-12-57(50-58)55(2)99-81/h56-63,75-77H,3-54H2,1-2H3,(H,82,103)(H,83,104)(H,84,105)(H,85,106)(H,86,107)(H,87,108)(H,88,109)(H,89,112)(H,90,110)(H,91,111)(H,92,113)(H2,93,96,114)(H2,94,97,115)(H2,95,98,116). The zero-order valence-electron chi connectivity index (χ0n) is 71.1. The zero-order chi connectivity index (χ0) is 86.8. The molecule has 2 saturated carbocycles. The molecule has 11 atom stereocenters. The number of hydrogen-bond acceptors (Lipinski definition) is 22. The van der Waals surface area contributed by atoms with Crippen molar-refractivity contribution in [1.29, 1.82) is 0 Å². The van der Waals surface area contributed by atoms with Crippen molar-refractivity contribution in [1.82, 2.24) is 105 Å². The van der Waals surface area contributed by atoms with Crippen molar-refractivity contribution < 1.29 is 86.1 Å². The summed E-state index contributed by atoms with van der Waals surface area (Å²) in [6.07, 6.45) is 15.3. The second-order valence-electron chi connectivity index (χ2n) is 32.2. The lowest BCUT2D eigenvalue weighted by Crippen LogP contribution is -2.41. The van der Waals surface area contributed by atoms with Crippen LogP contribution in [-0.2, 0) is 67.0 Å². The molecule has 5 heterocycles. The fourth-order valence-electron chi connectivity index (χ4n) is 16.2. The van der Waals surface area contributed by atoms with E-state index in [1.54, 1.807) is 6.92 Å². The lowest BCUT2D eigenvalue weighted by Gasteiger charge is -2.27. The smallest absolute Gasteiger partial charge is 0.315 e. The van der Waals surface area contributed by atoms with Crippen LogP contribution in [0.25, 0.3) is 5.53 Å². The maximum absolute atomic E-state index is 13.4. The van der Waals surface area contributed by atoms with Gasteiger partial charge in [-0.05, 0) is 89.5 Å². The molecule has 39 nitrogen and oxygen atoms in total. The van der Waals surface area contributed by atoms with Gasteiger partial charge in [0.25, 0.3) is 5.71 Å². The molecule has 682 valence electrons. The summed E-state index contributed by atoms with van der Waals surface area (Å²) >= 11 is 3.67. The van der Waals surface area contributed by atoms with Gasteiger partial charge in [0.15, 0.2) is 0 Å². The van der Waals surface area contributed by atoms with E-state index in [0.29, 0.717) is 93.4 Å². The maximum Gasteiger partial charge on any atom is 0.315 e. The number of ether oxygens (including phenoxy) is 3. The highest BCUT2D eigenvalue weighted by Crippen LogP contribution is 2.35. The Morgan fingerprint density at radius 3 is 1.16 bits per heavy atom. The van der Waals surface area contributed by atoms with Crippen molar-refractivity contribution in [3.63, 3.8) is 0 Å². The van der Waals surface area contributed by atoms with Gasteiger partial charge in [-0.15, -0.1) is 0 Å². The molecule has 11 unspecified atom stereocenters. The van der Waals surface area contributed by atoms with Crippen molar-refractivity contribution in [3.8, 4) is 0 Å². The number of nitrogens with one attached hydrogen (secondary N) is 17. The number of thioether (sulfide) groups is 2. The first-order valence-corrected chi connectivity index (χ1v) is 46.2. The first-order chi connectivity index (χ1) is 58.6. The van der Waals surface area contributed by atoms with E-state index in [2.05, 4.69) is 95.2 Å². The van der Waals surface area contributed by atoms with Crippen molar-refractivity contribution in [3.05, 3.63) is 5.53 Å². The third kappa shape index (κ3) is 41.2. The highest BCUT2D eigenvalue weighted by Gasteiger charge is 2.45. The SMILES string of the molecule is CCCN(CCC(=O)NCCN(CCC(=O)NCCNC(=O)CCCCC1CCC2NC(=O)NC12)CCC(=O)NCCNC(=O)CCCCC1SCC2NC(=O)NC21)CCC(=O)NCCN(CCC(=O)NCCNC(=O)CCCCC1SCC2NC(=O)NC21)CCC(=O)NCCNC(=O)COCCOCCOCC(=O)NC1CCCC(C(C)=[N+]=[N-])C1. The monoisotopic (exact) mass is 1740 g/mol. The van der Waals surface area contributed by atoms with Gasteiger partial charge in [-0.2, -0.15) is 28.3 Å². The number of amides is 17. The predicted octanol–water partition coefficient (Wildman–Crippen LogP) is -1.31. The molecule has 7 rings (SSSR count). The third-order valence-electron chi connectivity index (χ3n) is 22.8. The highest BCUT2D eigenvalue weighted by atomic mass is 32.2. The van der Waals surface area contributed by atoms with Crippen molar-refractivity contribution in [2.45, 2.75) is 227 Å². The minimum atomic E-state index is -0.388. The molecule has 7 aliphatic rings. The fraction of sp³-hybridized carbons (Fsp3) is 0.812. The van der Waals surface area contributed by atoms with Crippen LogP contribution < -0.4 is 90.4 Å². The quantitative estimate of drug-likeness (QED) is 0.0111. The van der Waals surface area contributed by atoms with Gasteiger partial charge in [-0.25, -0.2) is 14.4 Å². The number of carbonyl (C=O) groups is 14. The summed E-state index contributed by atoms with van der Waals surface area (Å²) in [5.41, 5.74) is 9.78. The maximum atomic E-state index is 13.4. The molecule has 41 heteroatoms. The van der Waals surface area contributed by atoms with Crippen LogP contribution in [0, 0.1) is 11.8 Å². The molecular formula is C80H138N22O17S2. The Morgan fingerprint density at radius 2 is 0.744 bits per heavy atom. The summed E-state index contributed by atoms with van der Waals surface area (Å²) in [6.45, 7) is 9.41. The highest BCUT2D eigenvalue weighted by molar-refractivity contribution is 8.00. The predicted molar refractivity (Wildman–Crippen MR) is 456 cm³/mol. The molecular weight excluding hydrogens is 1610 g/mol. The summed E-state index contributed by atoms with van der Waals surface area (Å²) < 4.78 is 16.4. The normalized spacial score (nSPS) is 21.7. The number of carbonyl (C=O) groups excluding carboxylic acids is 14. The van der Waals surface area contributed by atoms with Crippen LogP contribution in [0.4, 0.5) is 14.4 Å². The van der Waals surface area contributed by atoms with Gasteiger partial charge < -0.3 is 125 Å². The number of fused-ring (bicyclic) bond motifs is 3. The van der Waals surface area contributed by atoms with E-state index in [-0.39, 0.29) is 301 Å². The second-order valence-corrected chi connectivity index (χ2v) is 34.7. The average Bonchev–Trinajstić information content (AvgIpc) is 1.68. The first-order valence-electron chi connectivity index (χ1n) is 44.1. The van der Waals surface area contributed by atoms with Crippen LogP contribution in [-0.4, -0.2) is 337 Å². The Labute approximate surface area is 720 Å². The minimum Gasteiger partial charge on any atom is -0.377 e. The Balaban J connectivity index is 0.770. The Hall–Kier alpha value is -8.18. The molecule has 17 amide bonds. The van der Waals surface area contributed by atoms with Gasteiger partial charge in [0.05, 0.1) is 68.6 Å². The average molecular weight is 1740 g/mol. The molecule has 7 fully saturated rings. The molecule has 0 radical (unpaired) electrons. The van der Waals surface area contributed by atoms with Gasteiger partial charge in [-0.3, -0.25) is 52.7 Å². The Kier molecular flexibility index (Phi) is 47.9.